The Morgan fingerprint density at radius 2 is 1.90 bits per heavy atom. The van der Waals surface area contributed by atoms with Crippen molar-refractivity contribution in [3.05, 3.63) is 59.8 Å². The number of nitrogens with one attached hydrogen (secondary N) is 1. The van der Waals surface area contributed by atoms with Crippen molar-refractivity contribution < 1.29 is 14.3 Å². The van der Waals surface area contributed by atoms with E-state index in [9.17, 15) is 9.59 Å². The van der Waals surface area contributed by atoms with Gasteiger partial charge in [0.05, 0.1) is 12.6 Å². The molecule has 1 aromatic heterocycles. The number of amides is 2. The number of fused-ring (bicyclic) bond motifs is 1. The highest BCUT2D eigenvalue weighted by Gasteiger charge is 2.25. The molecule has 0 saturated carbocycles. The van der Waals surface area contributed by atoms with Gasteiger partial charge in [0.2, 0.25) is 5.91 Å². The van der Waals surface area contributed by atoms with Gasteiger partial charge in [0.1, 0.15) is 12.3 Å². The molecule has 0 radical (unpaired) electrons. The van der Waals surface area contributed by atoms with Gasteiger partial charge in [-0.15, -0.1) is 0 Å². The lowest BCUT2D eigenvalue weighted by Crippen LogP contribution is -2.29. The molecule has 7 nitrogen and oxygen atoms in total. The van der Waals surface area contributed by atoms with E-state index >= 15 is 0 Å². The molecule has 0 atom stereocenters. The SMILES string of the molecule is COc1cccc(CNC(=O)Cn2nc(C(=O)N3CCCC3)c3ccccc32)c1. The zero-order valence-electron chi connectivity index (χ0n) is 16.4. The number of carbonyl (C=O) groups excluding carboxylic acids is 2. The number of aromatic nitrogens is 2. The molecule has 1 N–H and O–H groups in total. The lowest BCUT2D eigenvalue weighted by Gasteiger charge is -2.13. The van der Waals surface area contributed by atoms with Gasteiger partial charge in [-0.05, 0) is 36.6 Å². The van der Waals surface area contributed by atoms with E-state index in [1.807, 2.05) is 53.4 Å². The second kappa shape index (κ2) is 8.34. The van der Waals surface area contributed by atoms with Crippen LogP contribution in [-0.2, 0) is 17.9 Å². The lowest BCUT2D eigenvalue weighted by molar-refractivity contribution is -0.121. The number of methoxy groups -OCH3 is 1. The van der Waals surface area contributed by atoms with Crippen LogP contribution in [0.15, 0.2) is 48.5 Å². The van der Waals surface area contributed by atoms with E-state index < -0.39 is 0 Å². The van der Waals surface area contributed by atoms with Crippen LogP contribution in [0.25, 0.3) is 10.9 Å². The molecular formula is C22H24N4O3. The van der Waals surface area contributed by atoms with Crippen LogP contribution in [0, 0.1) is 0 Å². The third-order valence-corrected chi connectivity index (χ3v) is 5.17. The first-order valence-electron chi connectivity index (χ1n) is 9.80. The van der Waals surface area contributed by atoms with Crippen molar-refractivity contribution in [2.45, 2.75) is 25.9 Å². The minimum atomic E-state index is -0.166. The summed E-state index contributed by atoms with van der Waals surface area (Å²) in [5, 5.41) is 8.19. The van der Waals surface area contributed by atoms with Gasteiger partial charge in [0.15, 0.2) is 5.69 Å². The van der Waals surface area contributed by atoms with E-state index in [4.69, 9.17) is 4.74 Å². The van der Waals surface area contributed by atoms with Crippen LogP contribution >= 0.6 is 0 Å². The molecule has 4 rings (SSSR count). The fourth-order valence-corrected chi connectivity index (χ4v) is 3.65. The molecule has 29 heavy (non-hydrogen) atoms. The van der Waals surface area contributed by atoms with Crippen molar-refractivity contribution in [2.24, 2.45) is 0 Å². The smallest absolute Gasteiger partial charge is 0.275 e. The Bertz CT molecular complexity index is 1040. The highest BCUT2D eigenvalue weighted by atomic mass is 16.5. The van der Waals surface area contributed by atoms with Gasteiger partial charge in [-0.1, -0.05) is 30.3 Å². The fourth-order valence-electron chi connectivity index (χ4n) is 3.65. The highest BCUT2D eigenvalue weighted by Crippen LogP contribution is 2.21. The van der Waals surface area contributed by atoms with Gasteiger partial charge >= 0.3 is 0 Å². The maximum atomic E-state index is 12.9. The summed E-state index contributed by atoms with van der Waals surface area (Å²) in [5.74, 6) is 0.523. The van der Waals surface area contributed by atoms with E-state index in [1.54, 1.807) is 11.8 Å². The van der Waals surface area contributed by atoms with E-state index in [2.05, 4.69) is 10.4 Å². The standard InChI is InChI=1S/C22H24N4O3/c1-29-17-8-6-7-16(13-17)14-23-20(27)15-26-19-10-3-2-9-18(19)21(24-26)22(28)25-11-4-5-12-25/h2-3,6-10,13H,4-5,11-12,14-15H2,1H3,(H,23,27). The number of carbonyl (C=O) groups is 2. The molecule has 1 aliphatic rings. The van der Waals surface area contributed by atoms with Gasteiger partial charge in [-0.3, -0.25) is 14.3 Å². The molecule has 0 bridgehead atoms. The molecule has 2 heterocycles. The summed E-state index contributed by atoms with van der Waals surface area (Å²) in [7, 11) is 1.61. The number of nitrogens with zero attached hydrogens (tertiary/aromatic N) is 3. The van der Waals surface area contributed by atoms with Crippen LogP contribution in [0.3, 0.4) is 0 Å². The normalized spacial score (nSPS) is 13.6. The van der Waals surface area contributed by atoms with E-state index in [-0.39, 0.29) is 18.4 Å². The average molecular weight is 392 g/mol. The molecular weight excluding hydrogens is 368 g/mol. The summed E-state index contributed by atoms with van der Waals surface area (Å²) in [6, 6.07) is 15.1. The zero-order valence-corrected chi connectivity index (χ0v) is 16.4. The maximum absolute atomic E-state index is 12.9. The summed E-state index contributed by atoms with van der Waals surface area (Å²) in [5.41, 5.74) is 2.16. The molecule has 7 heteroatoms. The quantitative estimate of drug-likeness (QED) is 0.700. The molecule has 0 spiro atoms. The van der Waals surface area contributed by atoms with Crippen LogP contribution in [0.4, 0.5) is 0 Å². The van der Waals surface area contributed by atoms with Gasteiger partial charge in [0.25, 0.3) is 5.91 Å². The molecule has 1 aliphatic heterocycles. The van der Waals surface area contributed by atoms with Crippen molar-refractivity contribution in [1.29, 1.82) is 0 Å². The molecule has 2 amide bonds. The minimum Gasteiger partial charge on any atom is -0.497 e. The zero-order chi connectivity index (χ0) is 20.2. The van der Waals surface area contributed by atoms with Crippen LogP contribution in [0.5, 0.6) is 5.75 Å². The van der Waals surface area contributed by atoms with Crippen LogP contribution < -0.4 is 10.1 Å². The third-order valence-electron chi connectivity index (χ3n) is 5.17. The highest BCUT2D eigenvalue weighted by molar-refractivity contribution is 6.05. The van der Waals surface area contributed by atoms with Crippen LogP contribution in [0.2, 0.25) is 0 Å². The summed E-state index contributed by atoms with van der Waals surface area (Å²) >= 11 is 0. The van der Waals surface area contributed by atoms with Crippen molar-refractivity contribution in [1.82, 2.24) is 20.0 Å². The molecule has 2 aromatic carbocycles. The van der Waals surface area contributed by atoms with Gasteiger partial charge in [-0.2, -0.15) is 5.10 Å². The molecule has 1 fully saturated rings. The van der Waals surface area contributed by atoms with E-state index in [1.165, 1.54) is 0 Å². The maximum Gasteiger partial charge on any atom is 0.275 e. The second-order valence-corrected chi connectivity index (χ2v) is 7.15. The van der Waals surface area contributed by atoms with Gasteiger partial charge in [0, 0.05) is 25.0 Å². The Labute approximate surface area is 169 Å². The lowest BCUT2D eigenvalue weighted by atomic mass is 10.2. The topological polar surface area (TPSA) is 76.5 Å². The Kier molecular flexibility index (Phi) is 5.46. The second-order valence-electron chi connectivity index (χ2n) is 7.15. The fraction of sp³-hybridized carbons (Fsp3) is 0.318. The summed E-state index contributed by atoms with van der Waals surface area (Å²) in [6.45, 7) is 1.98. The Morgan fingerprint density at radius 3 is 2.69 bits per heavy atom. The van der Waals surface area contributed by atoms with Crippen molar-refractivity contribution in [3.8, 4) is 5.75 Å². The molecule has 150 valence electrons. The molecule has 1 saturated heterocycles. The number of ether oxygens (including phenoxy) is 1. The number of likely N-dealkylation sites (tertiary alicyclic amines) is 1. The molecule has 0 unspecified atom stereocenters. The monoisotopic (exact) mass is 392 g/mol. The van der Waals surface area contributed by atoms with Crippen molar-refractivity contribution in [2.75, 3.05) is 20.2 Å². The Morgan fingerprint density at radius 1 is 1.10 bits per heavy atom. The predicted molar refractivity (Wildman–Crippen MR) is 110 cm³/mol. The van der Waals surface area contributed by atoms with Crippen molar-refractivity contribution in [3.63, 3.8) is 0 Å². The Hall–Kier alpha value is -3.35. The first-order chi connectivity index (χ1) is 14.2. The average Bonchev–Trinajstić information content (AvgIpc) is 3.41. The Balaban J connectivity index is 1.50. The minimum absolute atomic E-state index is 0.0533. The molecule has 3 aromatic rings. The number of benzene rings is 2. The van der Waals surface area contributed by atoms with Gasteiger partial charge in [-0.25, -0.2) is 0 Å². The summed E-state index contributed by atoms with van der Waals surface area (Å²) in [6.07, 6.45) is 2.05. The van der Waals surface area contributed by atoms with E-state index in [0.29, 0.717) is 12.2 Å². The van der Waals surface area contributed by atoms with E-state index in [0.717, 1.165) is 48.1 Å². The van der Waals surface area contributed by atoms with Crippen LogP contribution in [-0.4, -0.2) is 46.7 Å². The first kappa shape index (κ1) is 19.0. The molecule has 0 aliphatic carbocycles. The first-order valence-corrected chi connectivity index (χ1v) is 9.80. The number of hydrogen-bond donors (Lipinski definition) is 1. The number of para-hydroxylation sites is 1. The van der Waals surface area contributed by atoms with Crippen molar-refractivity contribution >= 4 is 22.7 Å². The summed E-state index contributed by atoms with van der Waals surface area (Å²) < 4.78 is 6.82. The largest absolute Gasteiger partial charge is 0.497 e. The van der Waals surface area contributed by atoms with Gasteiger partial charge < -0.3 is 15.0 Å². The number of rotatable bonds is 6. The predicted octanol–water partition coefficient (Wildman–Crippen LogP) is 2.60. The summed E-state index contributed by atoms with van der Waals surface area (Å²) in [4.78, 5) is 27.2. The number of hydrogen-bond acceptors (Lipinski definition) is 4. The third kappa shape index (κ3) is 4.08. The van der Waals surface area contributed by atoms with Crippen LogP contribution in [0.1, 0.15) is 28.9 Å².